The van der Waals surface area contributed by atoms with Crippen LogP contribution in [0.25, 0.3) is 0 Å². The van der Waals surface area contributed by atoms with Crippen molar-refractivity contribution < 1.29 is 23.9 Å². The van der Waals surface area contributed by atoms with Crippen LogP contribution in [-0.4, -0.2) is 42.8 Å². The molecule has 2 amide bonds. The minimum Gasteiger partial charge on any atom is -0.453 e. The minimum absolute atomic E-state index is 0.115. The number of carbonyl (C=O) groups is 3. The largest absolute Gasteiger partial charge is 0.453 e. The summed E-state index contributed by atoms with van der Waals surface area (Å²) in [7, 11) is 0. The average Bonchev–Trinajstić information content (AvgIpc) is 3.00. The van der Waals surface area contributed by atoms with Crippen molar-refractivity contribution in [3.63, 3.8) is 0 Å². The van der Waals surface area contributed by atoms with Crippen LogP contribution in [0.15, 0.2) is 24.3 Å². The van der Waals surface area contributed by atoms with Crippen LogP contribution in [0.1, 0.15) is 46.1 Å². The Bertz CT molecular complexity index is 696. The number of anilines is 1. The third-order valence-corrected chi connectivity index (χ3v) is 4.04. The van der Waals surface area contributed by atoms with Gasteiger partial charge in [0.05, 0.1) is 0 Å². The zero-order valence-electron chi connectivity index (χ0n) is 16.4. The van der Waals surface area contributed by atoms with E-state index in [1.54, 1.807) is 32.6 Å². The molecule has 7 nitrogen and oxygen atoms in total. The molecule has 1 aliphatic heterocycles. The third kappa shape index (κ3) is 6.27. The van der Waals surface area contributed by atoms with Gasteiger partial charge in [-0.2, -0.15) is 0 Å². The van der Waals surface area contributed by atoms with Gasteiger partial charge in [0.25, 0.3) is 5.91 Å². The minimum atomic E-state index is -0.845. The number of amides is 2. The number of rotatable bonds is 6. The Hall–Kier alpha value is -2.57. The number of alkyl carbamates (subject to hydrolysis) is 1. The van der Waals surface area contributed by atoms with Crippen LogP contribution < -0.4 is 10.2 Å². The van der Waals surface area contributed by atoms with Gasteiger partial charge < -0.3 is 19.7 Å². The SMILES string of the molecule is C[C@H](OC(=O)CCCNC(=O)OC(C)(C)C)C(=O)N1CCc2ccccc21. The number of para-hydroxylation sites is 1. The highest BCUT2D eigenvalue weighted by molar-refractivity contribution is 5.99. The van der Waals surface area contributed by atoms with Gasteiger partial charge in [0.1, 0.15) is 5.60 Å². The number of hydrogen-bond donors (Lipinski definition) is 1. The lowest BCUT2D eigenvalue weighted by atomic mass is 10.2. The summed E-state index contributed by atoms with van der Waals surface area (Å²) in [5.41, 5.74) is 1.44. The second-order valence-electron chi connectivity index (χ2n) is 7.53. The van der Waals surface area contributed by atoms with Crippen molar-refractivity contribution in [3.8, 4) is 0 Å². The van der Waals surface area contributed by atoms with Crippen LogP contribution in [-0.2, 0) is 25.5 Å². The molecule has 1 N–H and O–H groups in total. The van der Waals surface area contributed by atoms with Gasteiger partial charge in [-0.05, 0) is 52.2 Å². The van der Waals surface area contributed by atoms with Crippen molar-refractivity contribution in [1.29, 1.82) is 0 Å². The molecule has 27 heavy (non-hydrogen) atoms. The number of benzene rings is 1. The molecule has 1 atom stereocenters. The standard InChI is InChI=1S/C20H28N2O5/c1-14(18(24)22-13-11-15-8-5-6-9-16(15)22)26-17(23)10-7-12-21-19(25)27-20(2,3)4/h5-6,8-9,14H,7,10-13H2,1-4H3,(H,21,25)/t14-/m0/s1. The van der Waals surface area contributed by atoms with E-state index in [1.165, 1.54) is 0 Å². The van der Waals surface area contributed by atoms with Crippen LogP contribution in [0.2, 0.25) is 0 Å². The predicted octanol–water partition coefficient (Wildman–Crippen LogP) is 2.81. The molecule has 1 aliphatic rings. The monoisotopic (exact) mass is 376 g/mol. The lowest BCUT2D eigenvalue weighted by Crippen LogP contribution is -2.39. The Morgan fingerprint density at radius 3 is 2.63 bits per heavy atom. The van der Waals surface area contributed by atoms with Gasteiger partial charge in [-0.3, -0.25) is 9.59 Å². The number of ether oxygens (including phenoxy) is 2. The Labute approximate surface area is 160 Å². The van der Waals surface area contributed by atoms with Gasteiger partial charge in [0, 0.05) is 25.2 Å². The van der Waals surface area contributed by atoms with E-state index in [9.17, 15) is 14.4 Å². The Morgan fingerprint density at radius 2 is 1.93 bits per heavy atom. The molecule has 0 saturated heterocycles. The summed E-state index contributed by atoms with van der Waals surface area (Å²) in [6, 6.07) is 7.73. The molecule has 0 saturated carbocycles. The second-order valence-corrected chi connectivity index (χ2v) is 7.53. The molecule has 1 aromatic rings. The van der Waals surface area contributed by atoms with Crippen molar-refractivity contribution in [2.75, 3.05) is 18.0 Å². The van der Waals surface area contributed by atoms with Gasteiger partial charge in [0.15, 0.2) is 6.10 Å². The van der Waals surface area contributed by atoms with E-state index in [2.05, 4.69) is 5.32 Å². The van der Waals surface area contributed by atoms with E-state index in [0.717, 1.165) is 17.7 Å². The highest BCUT2D eigenvalue weighted by Crippen LogP contribution is 2.28. The normalized spacial score (nSPS) is 14.3. The maximum absolute atomic E-state index is 12.6. The maximum Gasteiger partial charge on any atom is 0.407 e. The zero-order chi connectivity index (χ0) is 20.0. The summed E-state index contributed by atoms with van der Waals surface area (Å²) in [5.74, 6) is -0.686. The fourth-order valence-electron chi connectivity index (χ4n) is 2.83. The number of hydrogen-bond acceptors (Lipinski definition) is 5. The highest BCUT2D eigenvalue weighted by atomic mass is 16.6. The zero-order valence-corrected chi connectivity index (χ0v) is 16.4. The lowest BCUT2D eigenvalue weighted by molar-refractivity contribution is -0.153. The van der Waals surface area contributed by atoms with Crippen molar-refractivity contribution >= 4 is 23.7 Å². The topological polar surface area (TPSA) is 84.9 Å². The molecule has 7 heteroatoms. The number of esters is 1. The predicted molar refractivity (Wildman–Crippen MR) is 102 cm³/mol. The third-order valence-electron chi connectivity index (χ3n) is 4.04. The molecular formula is C20H28N2O5. The fraction of sp³-hybridized carbons (Fsp3) is 0.550. The van der Waals surface area contributed by atoms with E-state index in [1.807, 2.05) is 24.3 Å². The van der Waals surface area contributed by atoms with E-state index in [4.69, 9.17) is 9.47 Å². The summed E-state index contributed by atoms with van der Waals surface area (Å²) in [5, 5.41) is 2.58. The quantitative estimate of drug-likeness (QED) is 0.610. The molecule has 0 bridgehead atoms. The molecule has 0 fully saturated rings. The van der Waals surface area contributed by atoms with E-state index in [-0.39, 0.29) is 12.3 Å². The summed E-state index contributed by atoms with van der Waals surface area (Å²) >= 11 is 0. The van der Waals surface area contributed by atoms with Gasteiger partial charge in [-0.25, -0.2) is 4.79 Å². The smallest absolute Gasteiger partial charge is 0.407 e. The summed E-state index contributed by atoms with van der Waals surface area (Å²) in [4.78, 5) is 37.7. The van der Waals surface area contributed by atoms with Gasteiger partial charge >= 0.3 is 12.1 Å². The summed E-state index contributed by atoms with van der Waals surface area (Å²) in [6.07, 6.45) is -0.0383. The molecule has 148 valence electrons. The lowest BCUT2D eigenvalue weighted by Gasteiger charge is -2.22. The van der Waals surface area contributed by atoms with Crippen molar-refractivity contribution in [2.24, 2.45) is 0 Å². The molecule has 2 rings (SSSR count). The van der Waals surface area contributed by atoms with Crippen LogP contribution in [0, 0.1) is 0 Å². The fourth-order valence-corrected chi connectivity index (χ4v) is 2.83. The highest BCUT2D eigenvalue weighted by Gasteiger charge is 2.29. The van der Waals surface area contributed by atoms with Crippen molar-refractivity contribution in [3.05, 3.63) is 29.8 Å². The number of carbonyl (C=O) groups excluding carboxylic acids is 3. The molecule has 0 unspecified atom stereocenters. The number of nitrogens with one attached hydrogen (secondary N) is 1. The summed E-state index contributed by atoms with van der Waals surface area (Å²) in [6.45, 7) is 7.81. The van der Waals surface area contributed by atoms with Crippen molar-refractivity contribution in [1.82, 2.24) is 5.32 Å². The van der Waals surface area contributed by atoms with E-state index >= 15 is 0 Å². The molecule has 0 aromatic heterocycles. The van der Waals surface area contributed by atoms with Crippen LogP contribution in [0.5, 0.6) is 0 Å². The molecular weight excluding hydrogens is 348 g/mol. The van der Waals surface area contributed by atoms with E-state index < -0.39 is 23.8 Å². The molecule has 1 aromatic carbocycles. The Morgan fingerprint density at radius 1 is 1.22 bits per heavy atom. The Balaban J connectivity index is 1.71. The molecule has 1 heterocycles. The summed E-state index contributed by atoms with van der Waals surface area (Å²) < 4.78 is 10.4. The maximum atomic E-state index is 12.6. The Kier molecular flexibility index (Phi) is 6.82. The van der Waals surface area contributed by atoms with E-state index in [0.29, 0.717) is 19.5 Å². The van der Waals surface area contributed by atoms with Crippen LogP contribution in [0.3, 0.4) is 0 Å². The van der Waals surface area contributed by atoms with Crippen molar-refractivity contribution in [2.45, 2.75) is 58.7 Å². The number of nitrogens with zero attached hydrogens (tertiary/aromatic N) is 1. The first kappa shape index (κ1) is 20.7. The molecule has 0 radical (unpaired) electrons. The first-order valence-corrected chi connectivity index (χ1v) is 9.23. The molecule has 0 aliphatic carbocycles. The first-order valence-electron chi connectivity index (χ1n) is 9.23. The van der Waals surface area contributed by atoms with Gasteiger partial charge in [0.2, 0.25) is 0 Å². The van der Waals surface area contributed by atoms with Gasteiger partial charge in [-0.15, -0.1) is 0 Å². The molecule has 0 spiro atoms. The van der Waals surface area contributed by atoms with Crippen LogP contribution in [0.4, 0.5) is 10.5 Å². The number of fused-ring (bicyclic) bond motifs is 1. The average molecular weight is 376 g/mol. The van der Waals surface area contributed by atoms with Crippen LogP contribution >= 0.6 is 0 Å². The first-order chi connectivity index (χ1) is 12.7. The van der Waals surface area contributed by atoms with Gasteiger partial charge in [-0.1, -0.05) is 18.2 Å². The second kappa shape index (κ2) is 8.88.